The van der Waals surface area contributed by atoms with Gasteiger partial charge in [-0.3, -0.25) is 15.1 Å². The second kappa shape index (κ2) is 12.5. The summed E-state index contributed by atoms with van der Waals surface area (Å²) in [6, 6.07) is 15.1. The number of nitrogens with zero attached hydrogens (tertiary/aromatic N) is 2. The van der Waals surface area contributed by atoms with Crippen LogP contribution in [-0.2, 0) is 22.5 Å². The van der Waals surface area contributed by atoms with Crippen LogP contribution in [0.3, 0.4) is 0 Å². The molecule has 2 heterocycles. The zero-order valence-electron chi connectivity index (χ0n) is 23.6. The van der Waals surface area contributed by atoms with Crippen molar-refractivity contribution in [2.45, 2.75) is 52.3 Å². The number of fused-ring (bicyclic) bond motifs is 1. The monoisotopic (exact) mass is 559 g/mol. The number of carbonyl (C=O) groups excluding carboxylic acids is 2. The van der Waals surface area contributed by atoms with E-state index in [0.717, 1.165) is 5.56 Å². The first kappa shape index (κ1) is 29.1. The molecule has 0 bridgehead atoms. The van der Waals surface area contributed by atoms with Crippen LogP contribution >= 0.6 is 0 Å². The Balaban J connectivity index is 1.58. The molecule has 4 rings (SSSR count). The molecular formula is C30H33N5O6. The van der Waals surface area contributed by atoms with Crippen molar-refractivity contribution in [1.29, 1.82) is 0 Å². The molecule has 214 valence electrons. The van der Waals surface area contributed by atoms with E-state index in [9.17, 15) is 14.4 Å². The van der Waals surface area contributed by atoms with Crippen LogP contribution in [0.15, 0.2) is 70.0 Å². The van der Waals surface area contributed by atoms with Gasteiger partial charge < -0.3 is 24.5 Å². The van der Waals surface area contributed by atoms with Gasteiger partial charge in [0, 0.05) is 18.3 Å². The van der Waals surface area contributed by atoms with E-state index in [1.54, 1.807) is 71.3 Å². The molecule has 0 saturated carbocycles. The van der Waals surface area contributed by atoms with E-state index in [0.29, 0.717) is 28.2 Å². The molecule has 1 atom stereocenters. The standard InChI is InChI=1S/C30H33N5O6/c1-18-22(35-29(38)41-30(2,3)4)13-14-23-25(18)27(37)40-28(33-23)34-24(16-19-9-11-21(39-5)12-10-19)26(36)32-17-20-8-6-7-15-31-20/h6-15,24H,16-17H2,1-5H3,(H,32,36)(H,33,34)(H,35,38). The molecule has 41 heavy (non-hydrogen) atoms. The van der Waals surface area contributed by atoms with Crippen LogP contribution in [-0.4, -0.2) is 40.7 Å². The first-order valence-corrected chi connectivity index (χ1v) is 13.0. The summed E-state index contributed by atoms with van der Waals surface area (Å²) >= 11 is 0. The van der Waals surface area contributed by atoms with Crippen LogP contribution in [0.1, 0.15) is 37.6 Å². The van der Waals surface area contributed by atoms with Gasteiger partial charge in [-0.05, 0) is 75.2 Å². The Hall–Kier alpha value is -4.93. The fraction of sp³-hybridized carbons (Fsp3) is 0.300. The number of amides is 2. The van der Waals surface area contributed by atoms with Gasteiger partial charge in [-0.15, -0.1) is 0 Å². The van der Waals surface area contributed by atoms with Crippen molar-refractivity contribution in [3.63, 3.8) is 0 Å². The number of hydrogen-bond acceptors (Lipinski definition) is 9. The van der Waals surface area contributed by atoms with Crippen molar-refractivity contribution in [3.05, 3.63) is 88.0 Å². The van der Waals surface area contributed by atoms with Crippen LogP contribution < -0.4 is 26.3 Å². The number of rotatable bonds is 9. The first-order chi connectivity index (χ1) is 19.5. The van der Waals surface area contributed by atoms with Gasteiger partial charge in [-0.2, -0.15) is 4.98 Å². The van der Waals surface area contributed by atoms with E-state index in [4.69, 9.17) is 13.9 Å². The smallest absolute Gasteiger partial charge is 0.412 e. The van der Waals surface area contributed by atoms with E-state index in [1.165, 1.54) is 0 Å². The number of ether oxygens (including phenoxy) is 2. The first-order valence-electron chi connectivity index (χ1n) is 13.0. The second-order valence-electron chi connectivity index (χ2n) is 10.4. The number of nitrogens with one attached hydrogen (secondary N) is 3. The predicted molar refractivity (Wildman–Crippen MR) is 155 cm³/mol. The van der Waals surface area contributed by atoms with Crippen LogP contribution in [0.4, 0.5) is 16.5 Å². The van der Waals surface area contributed by atoms with Gasteiger partial charge in [0.1, 0.15) is 17.4 Å². The molecule has 0 spiro atoms. The second-order valence-corrected chi connectivity index (χ2v) is 10.4. The highest BCUT2D eigenvalue weighted by Crippen LogP contribution is 2.24. The molecule has 4 aromatic rings. The molecule has 11 heteroatoms. The zero-order valence-corrected chi connectivity index (χ0v) is 23.6. The van der Waals surface area contributed by atoms with Gasteiger partial charge in [0.15, 0.2) is 0 Å². The lowest BCUT2D eigenvalue weighted by Crippen LogP contribution is -2.41. The maximum Gasteiger partial charge on any atom is 0.412 e. The van der Waals surface area contributed by atoms with E-state index in [2.05, 4.69) is 25.9 Å². The molecule has 0 fully saturated rings. The Bertz CT molecular complexity index is 1580. The minimum absolute atomic E-state index is 0.110. The Morgan fingerprint density at radius 1 is 1.05 bits per heavy atom. The fourth-order valence-corrected chi connectivity index (χ4v) is 4.09. The largest absolute Gasteiger partial charge is 0.497 e. The Kier molecular flexibility index (Phi) is 8.86. The van der Waals surface area contributed by atoms with Gasteiger partial charge in [0.2, 0.25) is 5.91 Å². The van der Waals surface area contributed by atoms with Crippen molar-refractivity contribution < 1.29 is 23.5 Å². The molecule has 0 saturated heterocycles. The third-order valence-electron chi connectivity index (χ3n) is 6.08. The maximum absolute atomic E-state index is 13.3. The third-order valence-corrected chi connectivity index (χ3v) is 6.08. The molecule has 0 aliphatic heterocycles. The minimum atomic E-state index is -0.825. The highest BCUT2D eigenvalue weighted by molar-refractivity contribution is 5.93. The average molecular weight is 560 g/mol. The van der Waals surface area contributed by atoms with Gasteiger partial charge >= 0.3 is 11.7 Å². The molecule has 0 radical (unpaired) electrons. The minimum Gasteiger partial charge on any atom is -0.497 e. The summed E-state index contributed by atoms with van der Waals surface area (Å²) in [4.78, 5) is 47.3. The van der Waals surface area contributed by atoms with Crippen molar-refractivity contribution in [3.8, 4) is 5.75 Å². The molecular weight excluding hydrogens is 526 g/mol. The average Bonchev–Trinajstić information content (AvgIpc) is 2.92. The summed E-state index contributed by atoms with van der Waals surface area (Å²) in [6.07, 6.45) is 1.28. The zero-order chi connectivity index (χ0) is 29.6. The molecule has 2 aromatic heterocycles. The van der Waals surface area contributed by atoms with Gasteiger partial charge in [0.05, 0.1) is 30.3 Å². The summed E-state index contributed by atoms with van der Waals surface area (Å²) in [7, 11) is 1.58. The lowest BCUT2D eigenvalue weighted by atomic mass is 10.0. The summed E-state index contributed by atoms with van der Waals surface area (Å²) in [5.41, 5.74) is 1.42. The SMILES string of the molecule is COc1ccc(CC(Nc2nc3ccc(NC(=O)OC(C)(C)C)c(C)c3c(=O)o2)C(=O)NCc2ccccn2)cc1. The normalized spacial score (nSPS) is 11.9. The fourth-order valence-electron chi connectivity index (χ4n) is 4.09. The number of aromatic nitrogens is 2. The van der Waals surface area contributed by atoms with Crippen LogP contribution in [0, 0.1) is 6.92 Å². The molecule has 0 aliphatic rings. The van der Waals surface area contributed by atoms with Gasteiger partial charge in [-0.1, -0.05) is 18.2 Å². The van der Waals surface area contributed by atoms with Crippen molar-refractivity contribution >= 4 is 34.6 Å². The Labute approximate surface area is 237 Å². The number of methoxy groups -OCH3 is 1. The molecule has 11 nitrogen and oxygen atoms in total. The lowest BCUT2D eigenvalue weighted by molar-refractivity contribution is -0.122. The Morgan fingerprint density at radius 3 is 2.46 bits per heavy atom. The summed E-state index contributed by atoms with van der Waals surface area (Å²) in [5, 5.41) is 8.73. The number of hydrogen-bond donors (Lipinski definition) is 3. The summed E-state index contributed by atoms with van der Waals surface area (Å²) < 4.78 is 16.0. The molecule has 1 unspecified atom stereocenters. The third kappa shape index (κ3) is 7.81. The maximum atomic E-state index is 13.3. The Morgan fingerprint density at radius 2 is 1.80 bits per heavy atom. The predicted octanol–water partition coefficient (Wildman–Crippen LogP) is 4.59. The topological polar surface area (TPSA) is 145 Å². The van der Waals surface area contributed by atoms with Crippen LogP contribution in [0.25, 0.3) is 10.9 Å². The quantitative estimate of drug-likeness (QED) is 0.268. The highest BCUT2D eigenvalue weighted by Gasteiger charge is 2.23. The van der Waals surface area contributed by atoms with Crippen molar-refractivity contribution in [2.75, 3.05) is 17.7 Å². The molecule has 0 aliphatic carbocycles. The number of pyridine rings is 1. The number of anilines is 2. The van der Waals surface area contributed by atoms with Gasteiger partial charge in [-0.25, -0.2) is 9.59 Å². The number of carbonyl (C=O) groups is 2. The van der Waals surface area contributed by atoms with Crippen molar-refractivity contribution in [1.82, 2.24) is 15.3 Å². The van der Waals surface area contributed by atoms with E-state index < -0.39 is 23.4 Å². The summed E-state index contributed by atoms with van der Waals surface area (Å²) in [5.74, 6) is 0.361. The van der Waals surface area contributed by atoms with Crippen LogP contribution in [0.2, 0.25) is 0 Å². The van der Waals surface area contributed by atoms with E-state index in [1.807, 2.05) is 24.3 Å². The van der Waals surface area contributed by atoms with E-state index >= 15 is 0 Å². The van der Waals surface area contributed by atoms with Crippen molar-refractivity contribution in [2.24, 2.45) is 0 Å². The number of aryl methyl sites for hydroxylation is 1. The van der Waals surface area contributed by atoms with Gasteiger partial charge in [0.25, 0.3) is 6.01 Å². The summed E-state index contributed by atoms with van der Waals surface area (Å²) in [6.45, 7) is 7.18. The lowest BCUT2D eigenvalue weighted by Gasteiger charge is -2.20. The van der Waals surface area contributed by atoms with E-state index in [-0.39, 0.29) is 30.3 Å². The number of benzene rings is 2. The molecule has 2 amide bonds. The molecule has 2 aromatic carbocycles. The molecule has 3 N–H and O–H groups in total. The highest BCUT2D eigenvalue weighted by atomic mass is 16.6. The van der Waals surface area contributed by atoms with Crippen LogP contribution in [0.5, 0.6) is 5.75 Å².